The number of likely N-dealkylation sites (tertiary alicyclic amines) is 1. The van der Waals surface area contributed by atoms with E-state index in [1.807, 2.05) is 48.2 Å². The zero-order valence-electron chi connectivity index (χ0n) is 42.9. The van der Waals surface area contributed by atoms with Gasteiger partial charge in [-0.25, -0.2) is 18.3 Å². The summed E-state index contributed by atoms with van der Waals surface area (Å²) in [6.45, 7) is 8.75. The van der Waals surface area contributed by atoms with Crippen LogP contribution in [0.3, 0.4) is 0 Å². The number of amides is 5. The van der Waals surface area contributed by atoms with Gasteiger partial charge in [0.2, 0.25) is 17.7 Å². The lowest BCUT2D eigenvalue weighted by molar-refractivity contribution is -0.137. The highest BCUT2D eigenvalue weighted by molar-refractivity contribution is 6.05. The number of carbonyl (C=O) groups excluding carboxylic acids is 5. The number of fused-ring (bicyclic) bond motifs is 2. The molecule has 2 aromatic carbocycles. The topological polar surface area (TPSA) is 189 Å². The SMILES string of the molecule is CCOc1cc(-c2ccc(N3CCC(CN4CCC5(CCC(CC(=O)N6CCN(c7ccc8c(c7)CN(C7CCC(=O)NC7=O)C8=O)CC6)CC5)CC4)(NC(=O)c4cc(F)ccc4F)CC3)nc2)c2c(C#N)cnn2c1. The number of hydrogen-bond donors (Lipinski definition) is 2. The highest BCUT2D eigenvalue weighted by Gasteiger charge is 2.44. The van der Waals surface area contributed by atoms with Gasteiger partial charge in [0.05, 0.1) is 41.2 Å². The molecular formula is C57H63F2N11O6. The number of benzene rings is 2. The Hall–Kier alpha value is -7.46. The van der Waals surface area contributed by atoms with Crippen molar-refractivity contribution in [3.63, 3.8) is 0 Å². The average Bonchev–Trinajstić information content (AvgIpc) is 4.03. The Morgan fingerprint density at radius 3 is 2.34 bits per heavy atom. The minimum Gasteiger partial charge on any atom is -0.492 e. The van der Waals surface area contributed by atoms with Gasteiger partial charge >= 0.3 is 0 Å². The molecule has 5 aromatic rings. The van der Waals surface area contributed by atoms with Crippen molar-refractivity contribution in [1.82, 2.24) is 39.9 Å². The molecule has 11 rings (SSSR count). The zero-order valence-corrected chi connectivity index (χ0v) is 42.9. The first-order valence-corrected chi connectivity index (χ1v) is 26.8. The van der Waals surface area contributed by atoms with Crippen molar-refractivity contribution in [2.24, 2.45) is 11.3 Å². The van der Waals surface area contributed by atoms with Crippen molar-refractivity contribution in [2.75, 3.05) is 75.3 Å². The van der Waals surface area contributed by atoms with E-state index in [2.05, 4.69) is 36.5 Å². The Morgan fingerprint density at radius 2 is 1.63 bits per heavy atom. The Labute approximate surface area is 440 Å². The maximum Gasteiger partial charge on any atom is 0.255 e. The number of anilines is 2. The fourth-order valence-electron chi connectivity index (χ4n) is 12.8. The molecule has 6 aliphatic rings. The highest BCUT2D eigenvalue weighted by atomic mass is 19.1. The third kappa shape index (κ3) is 10.2. The van der Waals surface area contributed by atoms with E-state index in [4.69, 9.17) is 9.72 Å². The summed E-state index contributed by atoms with van der Waals surface area (Å²) < 4.78 is 36.8. The van der Waals surface area contributed by atoms with Crippen LogP contribution in [-0.2, 0) is 20.9 Å². The molecule has 2 N–H and O–H groups in total. The number of nitriles is 1. The van der Waals surface area contributed by atoms with Crippen molar-refractivity contribution in [3.8, 4) is 22.9 Å². The smallest absolute Gasteiger partial charge is 0.255 e. The molecular weight excluding hydrogens is 973 g/mol. The van der Waals surface area contributed by atoms with Gasteiger partial charge in [0, 0.05) is 93.8 Å². The van der Waals surface area contributed by atoms with Gasteiger partial charge < -0.3 is 34.6 Å². The fourth-order valence-corrected chi connectivity index (χ4v) is 12.8. The zero-order chi connectivity index (χ0) is 52.7. The quantitative estimate of drug-likeness (QED) is 0.130. The fraction of sp³-hybridized carbons (Fsp3) is 0.474. The highest BCUT2D eigenvalue weighted by Crippen LogP contribution is 2.48. The molecule has 1 spiro atoms. The maximum absolute atomic E-state index is 15.0. The molecule has 0 bridgehead atoms. The van der Waals surface area contributed by atoms with Crippen LogP contribution < -0.4 is 25.2 Å². The van der Waals surface area contributed by atoms with Crippen LogP contribution >= 0.6 is 0 Å². The van der Waals surface area contributed by atoms with Gasteiger partial charge in [-0.05, 0) is 149 Å². The predicted octanol–water partition coefficient (Wildman–Crippen LogP) is 6.49. The van der Waals surface area contributed by atoms with Crippen LogP contribution in [-0.4, -0.2) is 136 Å². The molecule has 3 aromatic heterocycles. The molecule has 19 heteroatoms. The first-order valence-electron chi connectivity index (χ1n) is 26.8. The summed E-state index contributed by atoms with van der Waals surface area (Å²) in [5.74, 6) is -1.08. The van der Waals surface area contributed by atoms with Crippen LogP contribution in [0.4, 0.5) is 20.3 Å². The second-order valence-electron chi connectivity index (χ2n) is 21.8. The first kappa shape index (κ1) is 50.7. The van der Waals surface area contributed by atoms with Crippen molar-refractivity contribution in [2.45, 2.75) is 95.7 Å². The lowest BCUT2D eigenvalue weighted by atomic mass is 9.65. The van der Waals surface area contributed by atoms with Crippen molar-refractivity contribution in [1.29, 1.82) is 5.26 Å². The Kier molecular flexibility index (Phi) is 14.0. The van der Waals surface area contributed by atoms with E-state index in [0.717, 1.165) is 98.0 Å². The van der Waals surface area contributed by atoms with Crippen LogP contribution in [0, 0.1) is 34.3 Å². The molecule has 76 heavy (non-hydrogen) atoms. The molecule has 17 nitrogen and oxygen atoms in total. The molecule has 1 aliphatic carbocycles. The molecule has 0 radical (unpaired) electrons. The molecule has 5 fully saturated rings. The number of ether oxygens (including phenoxy) is 1. The minimum absolute atomic E-state index is 0.191. The monoisotopic (exact) mass is 1040 g/mol. The number of halogens is 2. The minimum atomic E-state index is -0.771. The van der Waals surface area contributed by atoms with E-state index in [0.29, 0.717) is 113 Å². The van der Waals surface area contributed by atoms with E-state index in [1.54, 1.807) is 21.8 Å². The number of hydrogen-bond acceptors (Lipinski definition) is 12. The molecule has 8 heterocycles. The Bertz CT molecular complexity index is 3110. The molecule has 5 amide bonds. The second kappa shape index (κ2) is 20.9. The number of pyridine rings is 2. The van der Waals surface area contributed by atoms with E-state index < -0.39 is 35.0 Å². The van der Waals surface area contributed by atoms with Crippen LogP contribution in [0.1, 0.15) is 109 Å². The number of nitrogens with zero attached hydrogens (tertiary/aromatic N) is 9. The van der Waals surface area contributed by atoms with Crippen molar-refractivity contribution >= 4 is 46.6 Å². The average molecular weight is 1040 g/mol. The summed E-state index contributed by atoms with van der Waals surface area (Å²) in [5.41, 5.74) is 4.31. The van der Waals surface area contributed by atoms with Gasteiger partial charge in [0.1, 0.15) is 35.3 Å². The van der Waals surface area contributed by atoms with E-state index >= 15 is 4.39 Å². The Morgan fingerprint density at radius 1 is 0.855 bits per heavy atom. The number of piperidine rings is 3. The van der Waals surface area contributed by atoms with Crippen molar-refractivity contribution in [3.05, 3.63) is 107 Å². The van der Waals surface area contributed by atoms with Crippen LogP contribution in [0.25, 0.3) is 16.6 Å². The predicted molar refractivity (Wildman–Crippen MR) is 278 cm³/mol. The van der Waals surface area contributed by atoms with Crippen molar-refractivity contribution < 1.29 is 37.5 Å². The van der Waals surface area contributed by atoms with E-state index in [9.17, 15) is 33.6 Å². The summed E-state index contributed by atoms with van der Waals surface area (Å²) in [6.07, 6.45) is 13.5. The normalized spacial score (nSPS) is 20.9. The van der Waals surface area contributed by atoms with Crippen LogP contribution in [0.5, 0.6) is 5.75 Å². The number of carbonyl (C=O) groups is 5. The van der Waals surface area contributed by atoms with Gasteiger partial charge in [-0.15, -0.1) is 0 Å². The second-order valence-corrected chi connectivity index (χ2v) is 21.8. The van der Waals surface area contributed by atoms with Gasteiger partial charge in [0.15, 0.2) is 0 Å². The number of piperazine rings is 1. The van der Waals surface area contributed by atoms with Gasteiger partial charge in [-0.2, -0.15) is 10.4 Å². The lowest BCUT2D eigenvalue weighted by Gasteiger charge is -2.50. The first-order chi connectivity index (χ1) is 36.8. The van der Waals surface area contributed by atoms with Gasteiger partial charge in [-0.1, -0.05) is 0 Å². The summed E-state index contributed by atoms with van der Waals surface area (Å²) in [7, 11) is 0. The standard InChI is InChI=1S/C57H63F2N11O6/c1-2-76-43-30-45(52-40(31-60)33-62-70(52)35-43)38-3-9-49(61-32-38)67-21-17-57(18-22-67,64-53(73)46-29-41(58)4-7-47(46)59)36-65-19-15-56(16-20-65)13-11-37(12-14-56)27-51(72)68-25-23-66(24-26-68)42-5-6-44-39(28-42)34-69(55(44)75)48-8-10-50(71)63-54(48)74/h3-7,9,28-30,32-33,35,37,48H,2,8,10-27,34,36H2,1H3,(H,64,73)(H,63,71,74). The number of nitrogens with one attached hydrogen (secondary N) is 2. The molecule has 1 saturated carbocycles. The Balaban J connectivity index is 0.676. The third-order valence-corrected chi connectivity index (χ3v) is 17.3. The summed E-state index contributed by atoms with van der Waals surface area (Å²) in [4.78, 5) is 80.3. The summed E-state index contributed by atoms with van der Waals surface area (Å²) >= 11 is 0. The molecule has 1 atom stereocenters. The number of aromatic nitrogens is 3. The third-order valence-electron chi connectivity index (χ3n) is 17.3. The summed E-state index contributed by atoms with van der Waals surface area (Å²) in [6, 6.07) is 16.2. The lowest BCUT2D eigenvalue weighted by Crippen LogP contribution is -2.61. The van der Waals surface area contributed by atoms with Gasteiger partial charge in [0.25, 0.3) is 11.8 Å². The van der Waals surface area contributed by atoms with E-state index in [-0.39, 0.29) is 35.1 Å². The number of imide groups is 1. The van der Waals surface area contributed by atoms with Gasteiger partial charge in [-0.3, -0.25) is 29.3 Å². The van der Waals surface area contributed by atoms with Crippen LogP contribution in [0.15, 0.2) is 73.2 Å². The summed E-state index contributed by atoms with van der Waals surface area (Å²) in [5, 5.41) is 19.8. The molecule has 4 saturated heterocycles. The number of rotatable bonds is 12. The molecule has 1 unspecified atom stereocenters. The van der Waals surface area contributed by atoms with Crippen LogP contribution in [0.2, 0.25) is 0 Å². The molecule has 5 aliphatic heterocycles. The maximum atomic E-state index is 15.0. The largest absolute Gasteiger partial charge is 0.492 e. The van der Waals surface area contributed by atoms with E-state index in [1.165, 1.54) is 6.20 Å². The molecule has 396 valence electrons.